The summed E-state index contributed by atoms with van der Waals surface area (Å²) in [5.41, 5.74) is 0.575. The molecular formula is C25H38N6O6. The minimum Gasteiger partial charge on any atom is -0.480 e. The number of carboxylic acids is 1. The fraction of sp³-hybridized carbons (Fsp3) is 0.680. The number of aliphatic hydroxyl groups is 2. The molecule has 2 unspecified atom stereocenters. The highest BCUT2D eigenvalue weighted by atomic mass is 16.4. The van der Waals surface area contributed by atoms with Crippen molar-refractivity contribution >= 4 is 23.7 Å². The molecule has 1 aromatic heterocycles. The molecule has 12 nitrogen and oxygen atoms in total. The predicted molar refractivity (Wildman–Crippen MR) is 135 cm³/mol. The number of hydrogen-bond acceptors (Lipinski definition) is 8. The highest BCUT2D eigenvalue weighted by Crippen LogP contribution is 2.29. The number of aromatic nitrogens is 1. The second kappa shape index (κ2) is 12.1. The molecule has 1 saturated carbocycles. The number of carboxylic acid groups (broad SMARTS) is 1. The number of aliphatic hydroxyl groups excluding tert-OH is 1. The van der Waals surface area contributed by atoms with Gasteiger partial charge in [-0.05, 0) is 63.0 Å². The Bertz CT molecular complexity index is 978. The predicted octanol–water partition coefficient (Wildman–Crippen LogP) is -0.204. The number of aliphatic carboxylic acids is 1. The van der Waals surface area contributed by atoms with Gasteiger partial charge in [-0.3, -0.25) is 14.9 Å². The lowest BCUT2D eigenvalue weighted by Crippen LogP contribution is -2.63. The summed E-state index contributed by atoms with van der Waals surface area (Å²) in [7, 11) is 0. The Morgan fingerprint density at radius 1 is 1.19 bits per heavy atom. The highest BCUT2D eigenvalue weighted by molar-refractivity contribution is 5.80. The van der Waals surface area contributed by atoms with Crippen molar-refractivity contribution in [3.05, 3.63) is 23.4 Å². The van der Waals surface area contributed by atoms with Crippen molar-refractivity contribution in [3.8, 4) is 0 Å². The van der Waals surface area contributed by atoms with Crippen molar-refractivity contribution in [1.82, 2.24) is 25.8 Å². The van der Waals surface area contributed by atoms with Crippen molar-refractivity contribution in [2.24, 2.45) is 5.92 Å². The van der Waals surface area contributed by atoms with E-state index in [2.05, 4.69) is 32.3 Å². The van der Waals surface area contributed by atoms with Crippen LogP contribution in [0.4, 0.5) is 10.6 Å². The Morgan fingerprint density at radius 3 is 2.65 bits per heavy atom. The smallest absolute Gasteiger partial charge is 0.323 e. The Morgan fingerprint density at radius 2 is 1.95 bits per heavy atom. The maximum Gasteiger partial charge on any atom is 0.323 e. The van der Waals surface area contributed by atoms with Gasteiger partial charge in [-0.25, -0.2) is 9.78 Å². The number of likely N-dealkylation sites (tertiary alicyclic amines) is 1. The van der Waals surface area contributed by atoms with Crippen LogP contribution in [0.3, 0.4) is 0 Å². The molecule has 204 valence electrons. The quantitative estimate of drug-likeness (QED) is 0.154. The zero-order chi connectivity index (χ0) is 26.4. The molecule has 3 amide bonds. The monoisotopic (exact) mass is 518 g/mol. The molecule has 1 saturated heterocycles. The van der Waals surface area contributed by atoms with E-state index in [1.807, 2.05) is 6.07 Å². The number of urea groups is 1. The number of aryl methyl sites for hydroxylation is 2. The number of carbonyl (C=O) groups excluding carboxylic acids is 2. The summed E-state index contributed by atoms with van der Waals surface area (Å²) >= 11 is 0. The first kappa shape index (κ1) is 27.1. The summed E-state index contributed by atoms with van der Waals surface area (Å²) in [4.78, 5) is 42.4. The van der Waals surface area contributed by atoms with E-state index in [0.29, 0.717) is 6.54 Å². The van der Waals surface area contributed by atoms with Gasteiger partial charge in [0.05, 0.1) is 12.1 Å². The molecule has 0 bridgehead atoms. The van der Waals surface area contributed by atoms with Gasteiger partial charge in [0.2, 0.25) is 5.91 Å². The number of carbonyl (C=O) groups is 3. The first-order valence-electron chi connectivity index (χ1n) is 13.2. The molecule has 1 aromatic rings. The van der Waals surface area contributed by atoms with Gasteiger partial charge < -0.3 is 36.2 Å². The highest BCUT2D eigenvalue weighted by Gasteiger charge is 2.45. The SMILES string of the molecule is O=C(NCC(O)NC(C(=O)O)C1(O)CCN(C(=O)NCCCc2ccc3c(n2)NCCC3)CC1)C1CC1. The molecule has 7 N–H and O–H groups in total. The summed E-state index contributed by atoms with van der Waals surface area (Å²) in [5.74, 6) is -0.543. The first-order valence-corrected chi connectivity index (χ1v) is 13.2. The number of nitrogens with one attached hydrogen (secondary N) is 4. The minimum absolute atomic E-state index is 0.0281. The Hall–Kier alpha value is -2.96. The lowest BCUT2D eigenvalue weighted by molar-refractivity contribution is -0.152. The molecule has 4 rings (SSSR count). The second-order valence-electron chi connectivity index (χ2n) is 10.2. The summed E-state index contributed by atoms with van der Waals surface area (Å²) in [6.07, 6.45) is 4.02. The number of hydrogen-bond donors (Lipinski definition) is 7. The van der Waals surface area contributed by atoms with Crippen molar-refractivity contribution in [3.63, 3.8) is 0 Å². The van der Waals surface area contributed by atoms with E-state index in [9.17, 15) is 29.7 Å². The zero-order valence-corrected chi connectivity index (χ0v) is 21.0. The molecule has 0 radical (unpaired) electrons. The van der Waals surface area contributed by atoms with Crippen LogP contribution in [0.15, 0.2) is 12.1 Å². The first-order chi connectivity index (χ1) is 17.7. The molecule has 2 atom stereocenters. The summed E-state index contributed by atoms with van der Waals surface area (Å²) in [6, 6.07) is 2.44. The van der Waals surface area contributed by atoms with Crippen LogP contribution in [-0.4, -0.2) is 93.7 Å². The average molecular weight is 519 g/mol. The summed E-state index contributed by atoms with van der Waals surface area (Å²) < 4.78 is 0. The van der Waals surface area contributed by atoms with Crippen LogP contribution in [0.2, 0.25) is 0 Å². The molecule has 0 spiro atoms. The number of anilines is 1. The molecule has 2 aliphatic heterocycles. The van der Waals surface area contributed by atoms with Crippen molar-refractivity contribution < 1.29 is 29.7 Å². The third kappa shape index (κ3) is 7.30. The largest absolute Gasteiger partial charge is 0.480 e. The van der Waals surface area contributed by atoms with Gasteiger partial charge in [-0.2, -0.15) is 0 Å². The van der Waals surface area contributed by atoms with Crippen molar-refractivity contribution in [2.75, 3.05) is 38.0 Å². The fourth-order valence-corrected chi connectivity index (χ4v) is 4.87. The van der Waals surface area contributed by atoms with Gasteiger partial charge in [0, 0.05) is 37.8 Å². The zero-order valence-electron chi connectivity index (χ0n) is 21.0. The normalized spacial score (nSPS) is 20.2. The van der Waals surface area contributed by atoms with Gasteiger partial charge in [0.1, 0.15) is 18.1 Å². The van der Waals surface area contributed by atoms with Crippen LogP contribution in [-0.2, 0) is 22.4 Å². The number of nitrogens with zero attached hydrogens (tertiary/aromatic N) is 2. The molecule has 3 aliphatic rings. The van der Waals surface area contributed by atoms with Crippen LogP contribution >= 0.6 is 0 Å². The molecule has 37 heavy (non-hydrogen) atoms. The molecule has 0 aromatic carbocycles. The van der Waals surface area contributed by atoms with E-state index in [-0.39, 0.29) is 50.3 Å². The maximum atomic E-state index is 12.6. The maximum absolute atomic E-state index is 12.6. The summed E-state index contributed by atoms with van der Waals surface area (Å²) in [5, 5.41) is 42.2. The number of piperidine rings is 1. The molecule has 3 heterocycles. The Balaban J connectivity index is 1.18. The van der Waals surface area contributed by atoms with E-state index in [1.165, 1.54) is 5.56 Å². The van der Waals surface area contributed by atoms with Gasteiger partial charge >= 0.3 is 12.0 Å². The third-order valence-corrected chi connectivity index (χ3v) is 7.32. The van der Waals surface area contributed by atoms with Crippen LogP contribution in [0.1, 0.15) is 49.8 Å². The Labute approximate surface area is 216 Å². The number of fused-ring (bicyclic) bond motifs is 1. The molecular weight excluding hydrogens is 480 g/mol. The number of pyridine rings is 1. The van der Waals surface area contributed by atoms with Crippen LogP contribution in [0, 0.1) is 5.92 Å². The van der Waals surface area contributed by atoms with Crippen LogP contribution < -0.4 is 21.3 Å². The summed E-state index contributed by atoms with van der Waals surface area (Å²) in [6.45, 7) is 1.62. The van der Waals surface area contributed by atoms with E-state index in [0.717, 1.165) is 56.6 Å². The number of amides is 3. The number of rotatable bonds is 11. The molecule has 12 heteroatoms. The van der Waals surface area contributed by atoms with E-state index in [1.54, 1.807) is 4.90 Å². The molecule has 2 fully saturated rings. The lowest BCUT2D eigenvalue weighted by atomic mass is 9.84. The third-order valence-electron chi connectivity index (χ3n) is 7.32. The lowest BCUT2D eigenvalue weighted by Gasteiger charge is -2.42. The van der Waals surface area contributed by atoms with Gasteiger partial charge in [-0.15, -0.1) is 0 Å². The Kier molecular flexibility index (Phi) is 8.83. The van der Waals surface area contributed by atoms with E-state index >= 15 is 0 Å². The topological polar surface area (TPSA) is 176 Å². The standard InChI is InChI=1S/C25H38N6O6/c32-19(15-28-22(33)17-5-6-17)30-20(23(34)35)25(37)9-13-31(14-10-25)24(36)27-12-2-4-18-8-7-16-3-1-11-26-21(16)29-18/h7-8,17,19-20,30,32,37H,1-6,9-15H2,(H,26,29)(H,27,36)(H,28,33)(H,34,35). The second-order valence-corrected chi connectivity index (χ2v) is 10.2. The fourth-order valence-electron chi connectivity index (χ4n) is 4.87. The minimum atomic E-state index is -1.64. The van der Waals surface area contributed by atoms with E-state index in [4.69, 9.17) is 0 Å². The average Bonchev–Trinajstić information content (AvgIpc) is 3.74. The van der Waals surface area contributed by atoms with Crippen molar-refractivity contribution in [1.29, 1.82) is 0 Å². The van der Waals surface area contributed by atoms with Crippen LogP contribution in [0.5, 0.6) is 0 Å². The van der Waals surface area contributed by atoms with Crippen molar-refractivity contribution in [2.45, 2.75) is 69.2 Å². The van der Waals surface area contributed by atoms with E-state index < -0.39 is 23.8 Å². The van der Waals surface area contributed by atoms with Gasteiger partial charge in [0.15, 0.2) is 0 Å². The van der Waals surface area contributed by atoms with Crippen LogP contribution in [0.25, 0.3) is 0 Å². The molecule has 1 aliphatic carbocycles. The van der Waals surface area contributed by atoms with Gasteiger partial charge in [0.25, 0.3) is 0 Å². The van der Waals surface area contributed by atoms with Gasteiger partial charge in [-0.1, -0.05) is 6.07 Å².